The van der Waals surface area contributed by atoms with Crippen molar-refractivity contribution in [1.29, 1.82) is 0 Å². The van der Waals surface area contributed by atoms with Gasteiger partial charge in [0.25, 0.3) is 0 Å². The number of rotatable bonds is 8. The highest BCUT2D eigenvalue weighted by molar-refractivity contribution is 5.84. The van der Waals surface area contributed by atoms with E-state index in [-0.39, 0.29) is 12.3 Å². The zero-order chi connectivity index (χ0) is 21.6. The van der Waals surface area contributed by atoms with Crippen molar-refractivity contribution in [3.63, 3.8) is 0 Å². The van der Waals surface area contributed by atoms with Crippen LogP contribution in [-0.4, -0.2) is 49.8 Å². The van der Waals surface area contributed by atoms with E-state index in [9.17, 15) is 14.7 Å². The first-order valence-electron chi connectivity index (χ1n) is 11.2. The van der Waals surface area contributed by atoms with Crippen molar-refractivity contribution >= 4 is 11.9 Å². The van der Waals surface area contributed by atoms with Crippen LogP contribution in [-0.2, 0) is 22.6 Å². The number of carboxylic acids is 1. The summed E-state index contributed by atoms with van der Waals surface area (Å²) in [6, 6.07) is 2.89. The fourth-order valence-electron chi connectivity index (χ4n) is 4.65. The van der Waals surface area contributed by atoms with Crippen molar-refractivity contribution in [2.45, 2.75) is 63.5 Å². The molecular formula is C22H30N6O3. The molecule has 4 heterocycles. The largest absolute Gasteiger partial charge is 0.481 e. The van der Waals surface area contributed by atoms with Crippen molar-refractivity contribution in [3.05, 3.63) is 41.7 Å². The van der Waals surface area contributed by atoms with Gasteiger partial charge >= 0.3 is 5.97 Å². The molecule has 0 aromatic carbocycles. The maximum atomic E-state index is 13.1. The number of aliphatic carboxylic acids is 1. The Morgan fingerprint density at radius 2 is 2.10 bits per heavy atom. The van der Waals surface area contributed by atoms with Gasteiger partial charge in [-0.05, 0) is 62.7 Å². The van der Waals surface area contributed by atoms with E-state index in [0.717, 1.165) is 44.7 Å². The molecule has 1 amide bonds. The Balaban J connectivity index is 1.45. The minimum Gasteiger partial charge on any atom is -0.481 e. The molecule has 0 bridgehead atoms. The Kier molecular flexibility index (Phi) is 6.91. The van der Waals surface area contributed by atoms with Crippen LogP contribution < -0.4 is 10.6 Å². The van der Waals surface area contributed by atoms with E-state index in [1.54, 1.807) is 24.5 Å². The Labute approximate surface area is 181 Å². The summed E-state index contributed by atoms with van der Waals surface area (Å²) in [6.45, 7) is 2.99. The van der Waals surface area contributed by atoms with Crippen LogP contribution in [0.3, 0.4) is 0 Å². The van der Waals surface area contributed by atoms with Gasteiger partial charge in [0.1, 0.15) is 11.6 Å². The standard InChI is InChI=1S/C22H30N6O3/c29-20(30)13-18(16-3-1-9-24-14-16)25-22(31)17-4-2-12-28-19(26-27-21(17)28)6-5-15-7-10-23-11-8-15/h1,3,9,14-15,17-18,23H,2,4-8,10-13H2,(H,25,31)(H,29,30)/t17?,18-/m0/s1. The van der Waals surface area contributed by atoms with Gasteiger partial charge in [0.05, 0.1) is 18.4 Å². The minimum atomic E-state index is -0.971. The summed E-state index contributed by atoms with van der Waals surface area (Å²) in [5.41, 5.74) is 0.679. The van der Waals surface area contributed by atoms with Crippen LogP contribution in [0, 0.1) is 5.92 Å². The summed E-state index contributed by atoms with van der Waals surface area (Å²) in [5, 5.41) is 24.4. The molecule has 1 unspecified atom stereocenters. The second-order valence-electron chi connectivity index (χ2n) is 8.50. The number of pyridine rings is 1. The highest BCUT2D eigenvalue weighted by Crippen LogP contribution is 2.29. The number of carbonyl (C=O) groups excluding carboxylic acids is 1. The monoisotopic (exact) mass is 426 g/mol. The highest BCUT2D eigenvalue weighted by atomic mass is 16.4. The first-order valence-corrected chi connectivity index (χ1v) is 11.2. The summed E-state index contributed by atoms with van der Waals surface area (Å²) in [5.74, 6) is 0.786. The predicted molar refractivity (Wildman–Crippen MR) is 113 cm³/mol. The molecule has 9 nitrogen and oxygen atoms in total. The third kappa shape index (κ3) is 5.28. The molecule has 1 fully saturated rings. The number of hydrogen-bond donors (Lipinski definition) is 3. The van der Waals surface area contributed by atoms with E-state index in [4.69, 9.17) is 0 Å². The van der Waals surface area contributed by atoms with Crippen LogP contribution in [0.25, 0.3) is 0 Å². The topological polar surface area (TPSA) is 122 Å². The number of carbonyl (C=O) groups is 2. The van der Waals surface area contributed by atoms with E-state index < -0.39 is 17.9 Å². The SMILES string of the molecule is O=C(O)C[C@H](NC(=O)C1CCCn2c(CCC3CCNCC3)nnc21)c1cccnc1. The molecule has 31 heavy (non-hydrogen) atoms. The number of aryl methyl sites for hydroxylation is 1. The fraction of sp³-hybridized carbons (Fsp3) is 0.591. The Bertz CT molecular complexity index is 894. The molecule has 2 atom stereocenters. The third-order valence-electron chi connectivity index (χ3n) is 6.38. The van der Waals surface area contributed by atoms with Crippen molar-refractivity contribution in [2.75, 3.05) is 13.1 Å². The summed E-state index contributed by atoms with van der Waals surface area (Å²) in [6.07, 6.45) is 8.95. The van der Waals surface area contributed by atoms with Gasteiger partial charge < -0.3 is 20.3 Å². The zero-order valence-corrected chi connectivity index (χ0v) is 17.7. The van der Waals surface area contributed by atoms with Crippen LogP contribution >= 0.6 is 0 Å². The van der Waals surface area contributed by atoms with Gasteiger partial charge in [0.2, 0.25) is 5.91 Å². The minimum absolute atomic E-state index is 0.196. The number of fused-ring (bicyclic) bond motifs is 1. The number of piperidine rings is 1. The fourth-order valence-corrected chi connectivity index (χ4v) is 4.65. The molecule has 2 aromatic rings. The Morgan fingerprint density at radius 3 is 2.84 bits per heavy atom. The smallest absolute Gasteiger partial charge is 0.305 e. The molecule has 4 rings (SSSR count). The summed E-state index contributed by atoms with van der Waals surface area (Å²) in [7, 11) is 0. The second-order valence-corrected chi connectivity index (χ2v) is 8.50. The molecule has 9 heteroatoms. The maximum absolute atomic E-state index is 13.1. The zero-order valence-electron chi connectivity index (χ0n) is 17.7. The molecule has 0 saturated carbocycles. The first kappa shape index (κ1) is 21.4. The lowest BCUT2D eigenvalue weighted by Crippen LogP contribution is -2.36. The van der Waals surface area contributed by atoms with Crippen LogP contribution in [0.1, 0.15) is 67.7 Å². The molecule has 0 aliphatic carbocycles. The number of nitrogens with one attached hydrogen (secondary N) is 2. The van der Waals surface area contributed by atoms with Crippen molar-refractivity contribution in [1.82, 2.24) is 30.4 Å². The average molecular weight is 427 g/mol. The van der Waals surface area contributed by atoms with Gasteiger partial charge in [-0.2, -0.15) is 0 Å². The Morgan fingerprint density at radius 1 is 1.26 bits per heavy atom. The van der Waals surface area contributed by atoms with E-state index >= 15 is 0 Å². The van der Waals surface area contributed by atoms with Crippen molar-refractivity contribution in [2.24, 2.45) is 5.92 Å². The number of amides is 1. The molecule has 0 spiro atoms. The van der Waals surface area contributed by atoms with Crippen molar-refractivity contribution < 1.29 is 14.7 Å². The summed E-state index contributed by atoms with van der Waals surface area (Å²) in [4.78, 5) is 28.5. The Hall–Kier alpha value is -2.81. The quantitative estimate of drug-likeness (QED) is 0.588. The average Bonchev–Trinajstić information content (AvgIpc) is 3.21. The maximum Gasteiger partial charge on any atom is 0.305 e. The summed E-state index contributed by atoms with van der Waals surface area (Å²) < 4.78 is 2.10. The van der Waals surface area contributed by atoms with Gasteiger partial charge in [0, 0.05) is 25.4 Å². The number of aromatic nitrogens is 4. The van der Waals surface area contributed by atoms with Crippen LogP contribution in [0.15, 0.2) is 24.5 Å². The van der Waals surface area contributed by atoms with Gasteiger partial charge in [-0.25, -0.2) is 0 Å². The lowest BCUT2D eigenvalue weighted by Gasteiger charge is -2.26. The van der Waals surface area contributed by atoms with Crippen LogP contribution in [0.4, 0.5) is 0 Å². The van der Waals surface area contributed by atoms with Crippen LogP contribution in [0.2, 0.25) is 0 Å². The molecule has 2 aliphatic rings. The van der Waals surface area contributed by atoms with Crippen molar-refractivity contribution in [3.8, 4) is 0 Å². The van der Waals surface area contributed by atoms with E-state index in [2.05, 4.69) is 30.4 Å². The van der Waals surface area contributed by atoms with E-state index in [1.807, 2.05) is 0 Å². The second kappa shape index (κ2) is 10.00. The summed E-state index contributed by atoms with van der Waals surface area (Å²) >= 11 is 0. The van der Waals surface area contributed by atoms with Gasteiger partial charge in [-0.1, -0.05) is 6.07 Å². The van der Waals surface area contributed by atoms with E-state index in [0.29, 0.717) is 23.7 Å². The van der Waals surface area contributed by atoms with E-state index in [1.165, 1.54) is 12.8 Å². The number of nitrogens with zero attached hydrogens (tertiary/aromatic N) is 4. The number of hydrogen-bond acceptors (Lipinski definition) is 6. The lowest BCUT2D eigenvalue weighted by molar-refractivity contribution is -0.137. The normalized spacial score (nSPS) is 20.1. The molecule has 1 saturated heterocycles. The lowest BCUT2D eigenvalue weighted by atomic mass is 9.93. The molecule has 2 aromatic heterocycles. The van der Waals surface area contributed by atoms with Crippen LogP contribution in [0.5, 0.6) is 0 Å². The molecule has 0 radical (unpaired) electrons. The number of carboxylic acid groups (broad SMARTS) is 1. The van der Waals surface area contributed by atoms with Gasteiger partial charge in [-0.15, -0.1) is 10.2 Å². The highest BCUT2D eigenvalue weighted by Gasteiger charge is 2.32. The van der Waals surface area contributed by atoms with Gasteiger partial charge in [0.15, 0.2) is 0 Å². The van der Waals surface area contributed by atoms with Gasteiger partial charge in [-0.3, -0.25) is 14.6 Å². The molecule has 3 N–H and O–H groups in total. The first-order chi connectivity index (χ1) is 15.1. The third-order valence-corrected chi connectivity index (χ3v) is 6.38. The molecule has 2 aliphatic heterocycles. The predicted octanol–water partition coefficient (Wildman–Crippen LogP) is 1.81. The molecule has 166 valence electrons. The molecular weight excluding hydrogens is 396 g/mol.